The Kier molecular flexibility index (Phi) is 7.31. The third-order valence-corrected chi connectivity index (χ3v) is 6.46. The van der Waals surface area contributed by atoms with Crippen LogP contribution in [0.5, 0.6) is 0 Å². The number of hydrogen-bond donors (Lipinski definition) is 0. The number of carbonyl (C=O) groups is 1. The van der Waals surface area contributed by atoms with Gasteiger partial charge in [-0.3, -0.25) is 0 Å². The van der Waals surface area contributed by atoms with E-state index in [1.807, 2.05) is 6.07 Å². The SMILES string of the molecule is C=CC(=O)OCSc1ccc2cc(-c3sc(CCCCC)cc3C(F)(F)F)oc2c1. The van der Waals surface area contributed by atoms with Crippen molar-refractivity contribution in [3.8, 4) is 10.6 Å². The second-order valence-corrected chi connectivity index (χ2v) is 8.78. The maximum Gasteiger partial charge on any atom is 0.417 e. The largest absolute Gasteiger partial charge is 0.455 e. The van der Waals surface area contributed by atoms with Crippen molar-refractivity contribution in [3.05, 3.63) is 53.4 Å². The molecule has 0 bridgehead atoms. The van der Waals surface area contributed by atoms with Crippen LogP contribution in [0.3, 0.4) is 0 Å². The molecule has 0 aliphatic rings. The molecule has 0 N–H and O–H groups in total. The average molecular weight is 455 g/mol. The van der Waals surface area contributed by atoms with Crippen LogP contribution in [0.4, 0.5) is 13.2 Å². The Hall–Kier alpha value is -2.19. The summed E-state index contributed by atoms with van der Waals surface area (Å²) in [5, 5.41) is 0.714. The van der Waals surface area contributed by atoms with Crippen molar-refractivity contribution in [2.75, 3.05) is 5.94 Å². The first kappa shape index (κ1) is 22.5. The van der Waals surface area contributed by atoms with Crippen molar-refractivity contribution in [1.29, 1.82) is 0 Å². The Labute approximate surface area is 180 Å². The maximum absolute atomic E-state index is 13.6. The summed E-state index contributed by atoms with van der Waals surface area (Å²) in [6.45, 7) is 5.39. The van der Waals surface area contributed by atoms with Crippen LogP contribution in [0, 0.1) is 0 Å². The van der Waals surface area contributed by atoms with Crippen molar-refractivity contribution in [3.63, 3.8) is 0 Å². The van der Waals surface area contributed by atoms with Crippen LogP contribution in [-0.2, 0) is 22.1 Å². The number of halogens is 3. The smallest absolute Gasteiger partial charge is 0.417 e. The molecule has 3 nitrogen and oxygen atoms in total. The van der Waals surface area contributed by atoms with Gasteiger partial charge in [-0.25, -0.2) is 4.79 Å². The number of benzene rings is 1. The zero-order chi connectivity index (χ0) is 21.7. The molecule has 1 aromatic carbocycles. The summed E-state index contributed by atoms with van der Waals surface area (Å²) >= 11 is 2.42. The zero-order valence-corrected chi connectivity index (χ0v) is 18.0. The summed E-state index contributed by atoms with van der Waals surface area (Å²) in [6.07, 6.45) is 0.141. The third-order valence-electron chi connectivity index (χ3n) is 4.42. The molecule has 0 radical (unpaired) electrons. The number of fused-ring (bicyclic) bond motifs is 1. The van der Waals surface area contributed by atoms with E-state index in [4.69, 9.17) is 9.15 Å². The number of rotatable bonds is 9. The summed E-state index contributed by atoms with van der Waals surface area (Å²) in [6, 6.07) is 8.21. The van der Waals surface area contributed by atoms with Gasteiger partial charge in [0, 0.05) is 21.2 Å². The summed E-state index contributed by atoms with van der Waals surface area (Å²) in [5.74, 6) is -0.200. The fraction of sp³-hybridized carbons (Fsp3) is 0.318. The molecular weight excluding hydrogens is 433 g/mol. The highest BCUT2D eigenvalue weighted by molar-refractivity contribution is 7.99. The minimum absolute atomic E-state index is 0.105. The lowest BCUT2D eigenvalue weighted by Crippen LogP contribution is -2.04. The van der Waals surface area contributed by atoms with Crippen molar-refractivity contribution in [2.45, 2.75) is 43.7 Å². The van der Waals surface area contributed by atoms with E-state index in [9.17, 15) is 18.0 Å². The lowest BCUT2D eigenvalue weighted by Gasteiger charge is -2.05. The van der Waals surface area contributed by atoms with E-state index in [0.29, 0.717) is 22.3 Å². The van der Waals surface area contributed by atoms with Gasteiger partial charge in [0.25, 0.3) is 0 Å². The monoisotopic (exact) mass is 454 g/mol. The average Bonchev–Trinajstić information content (AvgIpc) is 3.31. The highest BCUT2D eigenvalue weighted by Crippen LogP contribution is 2.44. The van der Waals surface area contributed by atoms with Gasteiger partial charge in [0.05, 0.1) is 10.4 Å². The van der Waals surface area contributed by atoms with Crippen LogP contribution in [-0.4, -0.2) is 11.9 Å². The first-order valence-corrected chi connectivity index (χ1v) is 11.3. The van der Waals surface area contributed by atoms with Crippen LogP contribution < -0.4 is 0 Å². The van der Waals surface area contributed by atoms with Crippen molar-refractivity contribution in [1.82, 2.24) is 0 Å². The van der Waals surface area contributed by atoms with E-state index in [0.717, 1.165) is 41.6 Å². The van der Waals surface area contributed by atoms with Crippen molar-refractivity contribution in [2.24, 2.45) is 0 Å². The molecule has 0 saturated heterocycles. The number of carbonyl (C=O) groups excluding carboxylic acids is 1. The van der Waals surface area contributed by atoms with Gasteiger partial charge in [0.2, 0.25) is 0 Å². The lowest BCUT2D eigenvalue weighted by molar-refractivity contribution is -0.137. The third kappa shape index (κ3) is 5.49. The Morgan fingerprint density at radius 3 is 2.77 bits per heavy atom. The van der Waals surface area contributed by atoms with Gasteiger partial charge in [0.1, 0.15) is 17.3 Å². The van der Waals surface area contributed by atoms with Crippen LogP contribution >= 0.6 is 23.1 Å². The molecule has 0 amide bonds. The number of thiophene rings is 1. The quantitative estimate of drug-likeness (QED) is 0.109. The number of alkyl halides is 3. The van der Waals surface area contributed by atoms with Gasteiger partial charge in [-0.1, -0.05) is 38.1 Å². The Morgan fingerprint density at radius 1 is 1.27 bits per heavy atom. The molecule has 0 aliphatic heterocycles. The van der Waals surface area contributed by atoms with E-state index < -0.39 is 17.7 Å². The Balaban J connectivity index is 1.86. The van der Waals surface area contributed by atoms with Crippen molar-refractivity contribution >= 4 is 40.0 Å². The van der Waals surface area contributed by atoms with Crippen LogP contribution in [0.1, 0.15) is 36.6 Å². The second-order valence-electron chi connectivity index (χ2n) is 6.65. The molecule has 8 heteroatoms. The Morgan fingerprint density at radius 2 is 2.07 bits per heavy atom. The minimum Gasteiger partial charge on any atom is -0.455 e. The Bertz CT molecular complexity index is 1030. The molecule has 0 unspecified atom stereocenters. The van der Waals surface area contributed by atoms with Gasteiger partial charge < -0.3 is 9.15 Å². The number of ether oxygens (including phenoxy) is 1. The second kappa shape index (κ2) is 9.75. The fourth-order valence-corrected chi connectivity index (χ4v) is 4.77. The molecule has 3 aromatic rings. The highest BCUT2D eigenvalue weighted by atomic mass is 32.2. The van der Waals surface area contributed by atoms with Crippen LogP contribution in [0.25, 0.3) is 21.6 Å². The number of esters is 1. The van der Waals surface area contributed by atoms with Gasteiger partial charge in [-0.15, -0.1) is 11.3 Å². The van der Waals surface area contributed by atoms with Crippen molar-refractivity contribution < 1.29 is 27.1 Å². The van der Waals surface area contributed by atoms with Gasteiger partial charge in [-0.05, 0) is 43.2 Å². The number of unbranched alkanes of at least 4 members (excludes halogenated alkanes) is 2. The molecule has 160 valence electrons. The summed E-state index contributed by atoms with van der Waals surface area (Å²) in [5.41, 5.74) is -0.164. The topological polar surface area (TPSA) is 39.4 Å². The normalized spacial score (nSPS) is 11.7. The first-order valence-electron chi connectivity index (χ1n) is 9.47. The predicted octanol–water partition coefficient (Wildman–Crippen LogP) is 7.69. The van der Waals surface area contributed by atoms with Crippen LogP contribution in [0.2, 0.25) is 0 Å². The highest BCUT2D eigenvalue weighted by Gasteiger charge is 2.36. The van der Waals surface area contributed by atoms with Crippen LogP contribution in [0.15, 0.2) is 52.3 Å². The number of hydrogen-bond acceptors (Lipinski definition) is 5. The summed E-state index contributed by atoms with van der Waals surface area (Å²) in [7, 11) is 0. The molecular formula is C22H21F3O3S2. The van der Waals surface area contributed by atoms with Gasteiger partial charge in [0.15, 0.2) is 0 Å². The lowest BCUT2D eigenvalue weighted by atomic mass is 10.1. The minimum atomic E-state index is -4.44. The molecule has 3 rings (SSSR count). The van der Waals surface area contributed by atoms with Gasteiger partial charge in [-0.2, -0.15) is 13.2 Å². The van der Waals surface area contributed by atoms with E-state index in [1.165, 1.54) is 17.8 Å². The summed E-state index contributed by atoms with van der Waals surface area (Å²) in [4.78, 5) is 12.7. The van der Waals surface area contributed by atoms with E-state index >= 15 is 0 Å². The first-order chi connectivity index (χ1) is 14.3. The molecule has 0 saturated carbocycles. The predicted molar refractivity (Wildman–Crippen MR) is 115 cm³/mol. The standard InChI is InChI=1S/C22H21F3O3S2/c1-3-5-6-7-16-11-17(22(23,24)25)21(30-16)19-10-14-8-9-15(12-18(14)28-19)29-13-27-20(26)4-2/h4,8-12H,2-3,5-7,13H2,1H3. The fourth-order valence-electron chi connectivity index (χ4n) is 2.94. The zero-order valence-electron chi connectivity index (χ0n) is 16.4. The molecule has 30 heavy (non-hydrogen) atoms. The molecule has 0 aliphatic carbocycles. The molecule has 0 fully saturated rings. The molecule has 2 aromatic heterocycles. The van der Waals surface area contributed by atoms with E-state index in [2.05, 4.69) is 13.5 Å². The molecule has 2 heterocycles. The molecule has 0 atom stereocenters. The summed E-state index contributed by atoms with van der Waals surface area (Å²) < 4.78 is 51.5. The number of aryl methyl sites for hydroxylation is 1. The van der Waals surface area contributed by atoms with Gasteiger partial charge >= 0.3 is 12.1 Å². The van der Waals surface area contributed by atoms with E-state index in [1.54, 1.807) is 18.2 Å². The number of thioether (sulfide) groups is 1. The molecule has 0 spiro atoms. The van der Waals surface area contributed by atoms with E-state index in [-0.39, 0.29) is 16.6 Å². The number of furan rings is 1. The maximum atomic E-state index is 13.6.